The summed E-state index contributed by atoms with van der Waals surface area (Å²) in [7, 11) is -4.58. The van der Waals surface area contributed by atoms with E-state index in [4.69, 9.17) is 21.3 Å². The third-order valence-corrected chi connectivity index (χ3v) is 5.01. The van der Waals surface area contributed by atoms with Crippen LogP contribution in [0.3, 0.4) is 0 Å². The molecule has 12 nitrogen and oxygen atoms in total. The van der Waals surface area contributed by atoms with Gasteiger partial charge in [-0.2, -0.15) is 0 Å². The molecule has 1 rings (SSSR count). The van der Waals surface area contributed by atoms with Gasteiger partial charge in [-0.15, -0.1) is 0 Å². The number of amides is 1. The number of hydrogen-bond donors (Lipinski definition) is 5. The fraction of sp³-hybridized carbons (Fsp3) is 0.444. The minimum Gasteiger partial charge on any atom is -0.778 e. The number of carboxylic acids is 1. The Morgan fingerprint density at radius 3 is 2.53 bits per heavy atom. The summed E-state index contributed by atoms with van der Waals surface area (Å²) in [6.07, 6.45) is 3.30. The molecule has 14 heteroatoms. The molecule has 1 aromatic carbocycles. The number of unbranched alkanes of at least 4 members (excludes halogenated alkanes) is 3. The van der Waals surface area contributed by atoms with E-state index in [1.807, 2.05) is 0 Å². The number of nitrogens with one attached hydrogen (secondary N) is 1. The number of carbonyl (C=O) groups is 2. The van der Waals surface area contributed by atoms with Crippen LogP contribution in [0, 0.1) is 0 Å². The average molecular weight is 477 g/mol. The molecule has 0 saturated heterocycles. The van der Waals surface area contributed by atoms with Gasteiger partial charge in [-0.1, -0.05) is 35.7 Å². The molecule has 1 amide bonds. The van der Waals surface area contributed by atoms with E-state index in [9.17, 15) is 24.2 Å². The molecule has 0 aliphatic rings. The predicted octanol–water partition coefficient (Wildman–Crippen LogP) is -1.10. The first-order valence-corrected chi connectivity index (χ1v) is 11.2. The van der Waals surface area contributed by atoms with Crippen molar-refractivity contribution in [1.82, 2.24) is 5.32 Å². The van der Waals surface area contributed by atoms with E-state index in [2.05, 4.69) is 15.3 Å². The maximum atomic E-state index is 12.1. The molecule has 0 radical (unpaired) electrons. The molecule has 0 bridgehead atoms. The van der Waals surface area contributed by atoms with Crippen molar-refractivity contribution in [3.05, 3.63) is 45.9 Å². The van der Waals surface area contributed by atoms with Crippen LogP contribution in [0.5, 0.6) is 5.75 Å². The SMILES string of the molecule is [N-]=[N+]=Nc1ccc(C(=O)NCCCCCC/C(=C\C(N)C(=O)O)CP(=O)([O-])O)c(O)c1.[Na+]. The fourth-order valence-electron chi connectivity index (χ4n) is 2.75. The van der Waals surface area contributed by atoms with Crippen LogP contribution in [0.4, 0.5) is 5.69 Å². The molecule has 0 spiro atoms. The molecule has 0 fully saturated rings. The number of benzene rings is 1. The van der Waals surface area contributed by atoms with Gasteiger partial charge in [-0.3, -0.25) is 9.59 Å². The molecule has 170 valence electrons. The Bertz CT molecular complexity index is 915. The van der Waals surface area contributed by atoms with Crippen LogP contribution in [-0.2, 0) is 9.36 Å². The number of azide groups is 1. The van der Waals surface area contributed by atoms with Crippen molar-refractivity contribution in [1.29, 1.82) is 0 Å². The first-order chi connectivity index (χ1) is 14.5. The standard InChI is InChI=1S/C18H26N5O7P.Na/c19-15(18(26)27)9-12(11-31(28,29)30)5-3-1-2-4-8-21-17(25)14-7-6-13(22-23-20)10-16(14)24;/h6-7,9-10,15,24H,1-5,8,11,19H2,(H,21,25)(H,26,27)(H2,28,29,30);/q;+1/p-1/b12-9+;. The van der Waals surface area contributed by atoms with Crippen LogP contribution in [0.1, 0.15) is 42.5 Å². The van der Waals surface area contributed by atoms with Crippen molar-refractivity contribution in [2.45, 2.75) is 38.1 Å². The van der Waals surface area contributed by atoms with Gasteiger partial charge < -0.3 is 35.6 Å². The number of phenols is 1. The Morgan fingerprint density at radius 2 is 1.97 bits per heavy atom. The fourth-order valence-corrected chi connectivity index (χ4v) is 3.53. The average Bonchev–Trinajstić information content (AvgIpc) is 2.65. The number of nitrogens with two attached hydrogens (primary N) is 1. The molecule has 0 aliphatic carbocycles. The van der Waals surface area contributed by atoms with Gasteiger partial charge in [0, 0.05) is 23.3 Å². The van der Waals surface area contributed by atoms with E-state index in [-0.39, 0.29) is 58.6 Å². The van der Waals surface area contributed by atoms with Crippen LogP contribution in [0.25, 0.3) is 10.4 Å². The van der Waals surface area contributed by atoms with Crippen molar-refractivity contribution < 1.29 is 63.7 Å². The van der Waals surface area contributed by atoms with Crippen LogP contribution in [0.15, 0.2) is 35.0 Å². The Morgan fingerprint density at radius 1 is 1.31 bits per heavy atom. The van der Waals surface area contributed by atoms with E-state index < -0.39 is 31.7 Å². The topological polar surface area (TPSA) is 222 Å². The third kappa shape index (κ3) is 12.2. The van der Waals surface area contributed by atoms with E-state index >= 15 is 0 Å². The van der Waals surface area contributed by atoms with Crippen LogP contribution >= 0.6 is 7.60 Å². The Kier molecular flexibility index (Phi) is 14.2. The number of aliphatic carboxylic acids is 1. The van der Waals surface area contributed by atoms with Crippen LogP contribution in [-0.4, -0.2) is 45.7 Å². The summed E-state index contributed by atoms with van der Waals surface area (Å²) in [5.74, 6) is -2.08. The van der Waals surface area contributed by atoms with Gasteiger partial charge in [0.05, 0.1) is 5.56 Å². The smallest absolute Gasteiger partial charge is 0.778 e. The van der Waals surface area contributed by atoms with Crippen molar-refractivity contribution in [3.63, 3.8) is 0 Å². The van der Waals surface area contributed by atoms with Crippen molar-refractivity contribution in [3.8, 4) is 5.75 Å². The maximum Gasteiger partial charge on any atom is 1.00 e. The zero-order chi connectivity index (χ0) is 23.4. The number of allylic oxidation sites excluding steroid dienone is 1. The van der Waals surface area contributed by atoms with Gasteiger partial charge >= 0.3 is 35.5 Å². The van der Waals surface area contributed by atoms with Crippen molar-refractivity contribution in [2.75, 3.05) is 12.7 Å². The normalized spacial score (nSPS) is 13.8. The first-order valence-electron chi connectivity index (χ1n) is 9.40. The van der Waals surface area contributed by atoms with Crippen molar-refractivity contribution >= 4 is 25.2 Å². The number of rotatable bonds is 13. The summed E-state index contributed by atoms with van der Waals surface area (Å²) < 4.78 is 11.1. The van der Waals surface area contributed by atoms with E-state index in [0.29, 0.717) is 32.2 Å². The van der Waals surface area contributed by atoms with Gasteiger partial charge in [0.2, 0.25) is 0 Å². The molecule has 2 atom stereocenters. The van der Waals surface area contributed by atoms with Crippen LogP contribution < -0.4 is 45.5 Å². The third-order valence-electron chi connectivity index (χ3n) is 4.20. The molecule has 2 unspecified atom stereocenters. The summed E-state index contributed by atoms with van der Waals surface area (Å²) in [5.41, 5.74) is 14.2. The number of carbonyl (C=O) groups excluding carboxylic acids is 1. The molecule has 6 N–H and O–H groups in total. The zero-order valence-corrected chi connectivity index (χ0v) is 20.6. The van der Waals surface area contributed by atoms with Crippen molar-refractivity contribution in [2.24, 2.45) is 10.8 Å². The summed E-state index contributed by atoms with van der Waals surface area (Å²) in [6, 6.07) is 2.58. The predicted molar refractivity (Wildman–Crippen MR) is 111 cm³/mol. The molecule has 0 aliphatic heterocycles. The molecule has 0 aromatic heterocycles. The summed E-state index contributed by atoms with van der Waals surface area (Å²) in [4.78, 5) is 45.6. The van der Waals surface area contributed by atoms with E-state index in [0.717, 1.165) is 6.08 Å². The Hall–Kier alpha value is -1.88. The van der Waals surface area contributed by atoms with Gasteiger partial charge in [0.1, 0.15) is 19.4 Å². The van der Waals surface area contributed by atoms with Gasteiger partial charge in [0.15, 0.2) is 0 Å². The summed E-state index contributed by atoms with van der Waals surface area (Å²) in [6.45, 7) is 0.343. The minimum absolute atomic E-state index is 0. The number of carboxylic acid groups (broad SMARTS) is 1. The molecular formula is C18H25N5NaO7P. The first kappa shape index (κ1) is 30.1. The summed E-state index contributed by atoms with van der Waals surface area (Å²) >= 11 is 0. The monoisotopic (exact) mass is 477 g/mol. The Balaban J connectivity index is 0.00000961. The quantitative estimate of drug-likeness (QED) is 0.0445. The second-order valence-electron chi connectivity index (χ2n) is 6.80. The minimum atomic E-state index is -4.58. The zero-order valence-electron chi connectivity index (χ0n) is 17.7. The van der Waals surface area contributed by atoms with Gasteiger partial charge in [-0.25, -0.2) is 0 Å². The molecule has 0 saturated carbocycles. The molecule has 1 aromatic rings. The van der Waals surface area contributed by atoms with Crippen LogP contribution in [0.2, 0.25) is 0 Å². The number of aromatic hydroxyl groups is 1. The number of phenolic OH excluding ortho intramolecular Hbond substituents is 1. The number of nitrogens with zero attached hydrogens (tertiary/aromatic N) is 3. The second kappa shape index (κ2) is 15.0. The van der Waals surface area contributed by atoms with Gasteiger partial charge in [-0.05, 0) is 36.9 Å². The second-order valence-corrected chi connectivity index (χ2v) is 8.39. The maximum absolute atomic E-state index is 12.1. The van der Waals surface area contributed by atoms with Gasteiger partial charge in [0.25, 0.3) is 5.91 Å². The number of hydrogen-bond acceptors (Lipinski definition) is 7. The molecule has 0 heterocycles. The summed E-state index contributed by atoms with van der Waals surface area (Å²) in [5, 5.41) is 24.7. The largest absolute Gasteiger partial charge is 1.00 e. The molecular weight excluding hydrogens is 452 g/mol. The van der Waals surface area contributed by atoms with E-state index in [1.54, 1.807) is 0 Å². The van der Waals surface area contributed by atoms with E-state index in [1.165, 1.54) is 18.2 Å². The Labute approximate surface area is 207 Å². The molecule has 32 heavy (non-hydrogen) atoms.